The zero-order chi connectivity index (χ0) is 40.6. The SMILES string of the molecule is CCCCOC(=O)c1ccccc1[P+](Cc1ccccc1)(c1ccccc1)c1ccccc1.P.[Br-].[Br-].c1ccc(C[P+](c2ccccc2)(c2ccccc2)c2ccccc2)cc1. The molecule has 2 nitrogen and oxygen atoms in total. The minimum atomic E-state index is -2.21. The monoisotopic (exact) mass is 998 g/mol. The van der Waals surface area contributed by atoms with E-state index in [1.165, 1.54) is 37.6 Å². The van der Waals surface area contributed by atoms with Crippen molar-refractivity contribution in [1.82, 2.24) is 0 Å². The Morgan fingerprint density at radius 2 is 0.694 bits per heavy atom. The van der Waals surface area contributed by atoms with Crippen LogP contribution < -0.4 is 65.8 Å². The van der Waals surface area contributed by atoms with E-state index < -0.39 is 14.5 Å². The van der Waals surface area contributed by atoms with Gasteiger partial charge in [0.25, 0.3) is 0 Å². The fourth-order valence-corrected chi connectivity index (χ4v) is 16.6. The minimum absolute atomic E-state index is 0. The summed E-state index contributed by atoms with van der Waals surface area (Å²) in [6.07, 6.45) is 3.73. The molecule has 0 bridgehead atoms. The smallest absolute Gasteiger partial charge is 0.342 e. The molecule has 1 atom stereocenters. The summed E-state index contributed by atoms with van der Waals surface area (Å²) in [6.45, 7) is 2.55. The molecule has 0 spiro atoms. The van der Waals surface area contributed by atoms with E-state index in [1.807, 2.05) is 24.3 Å². The van der Waals surface area contributed by atoms with Gasteiger partial charge in [0.1, 0.15) is 51.9 Å². The number of hydrogen-bond donors (Lipinski definition) is 0. The minimum Gasteiger partial charge on any atom is -1.00 e. The molecule has 8 aromatic rings. The third-order valence-electron chi connectivity index (χ3n) is 10.8. The molecule has 0 aromatic heterocycles. The van der Waals surface area contributed by atoms with Crippen molar-refractivity contribution >= 4 is 62.2 Å². The number of ether oxygens (including phenoxy) is 1. The molecule has 0 N–H and O–H groups in total. The lowest BCUT2D eigenvalue weighted by atomic mass is 10.2. The van der Waals surface area contributed by atoms with Crippen LogP contribution in [0.25, 0.3) is 0 Å². The van der Waals surface area contributed by atoms with Crippen LogP contribution in [0.2, 0.25) is 0 Å². The third-order valence-corrected chi connectivity index (χ3v) is 19.6. The van der Waals surface area contributed by atoms with Gasteiger partial charge in [-0.05, 0) is 90.3 Å². The second-order valence-corrected chi connectivity index (χ2v) is 21.5. The fraction of sp³-hybridized carbons (Fsp3) is 0.109. The van der Waals surface area contributed by atoms with Gasteiger partial charge >= 0.3 is 5.97 Å². The number of carbonyl (C=O) groups excluding carboxylic acids is 1. The molecule has 316 valence electrons. The maximum absolute atomic E-state index is 13.3. The lowest BCUT2D eigenvalue weighted by molar-refractivity contribution is -0.001000. The average molecular weight is 1000 g/mol. The molecule has 0 fully saturated rings. The normalized spacial score (nSPS) is 10.7. The van der Waals surface area contributed by atoms with Crippen molar-refractivity contribution in [2.75, 3.05) is 6.61 Å². The number of esters is 1. The van der Waals surface area contributed by atoms with Gasteiger partial charge in [-0.25, -0.2) is 4.79 Å². The van der Waals surface area contributed by atoms with E-state index >= 15 is 0 Å². The molecular formula is C55H55Br2O2P3. The zero-order valence-corrected chi connectivity index (χ0v) is 41.6. The first-order valence-corrected chi connectivity index (χ1v) is 24.5. The Bertz CT molecular complexity index is 2330. The molecule has 8 rings (SSSR count). The van der Waals surface area contributed by atoms with Crippen molar-refractivity contribution in [1.29, 1.82) is 0 Å². The van der Waals surface area contributed by atoms with Gasteiger partial charge in [-0.15, -0.1) is 0 Å². The van der Waals surface area contributed by atoms with Gasteiger partial charge in [0.2, 0.25) is 0 Å². The van der Waals surface area contributed by atoms with Crippen molar-refractivity contribution in [3.8, 4) is 0 Å². The predicted octanol–water partition coefficient (Wildman–Crippen LogP) is 5.38. The summed E-state index contributed by atoms with van der Waals surface area (Å²) in [4.78, 5) is 13.3. The molecule has 0 radical (unpaired) electrons. The van der Waals surface area contributed by atoms with Gasteiger partial charge in [-0.2, -0.15) is 9.90 Å². The summed E-state index contributed by atoms with van der Waals surface area (Å²) in [5.74, 6) is -0.233. The Labute approximate surface area is 395 Å². The maximum Gasteiger partial charge on any atom is 0.342 e. The molecule has 0 saturated heterocycles. The fourth-order valence-electron chi connectivity index (χ4n) is 7.91. The average Bonchev–Trinajstić information content (AvgIpc) is 3.32. The second kappa shape index (κ2) is 25.6. The van der Waals surface area contributed by atoms with Crippen molar-refractivity contribution in [3.63, 3.8) is 0 Å². The Balaban J connectivity index is 0.000000266. The lowest BCUT2D eigenvalue weighted by Gasteiger charge is -2.29. The summed E-state index contributed by atoms with van der Waals surface area (Å²) in [5.41, 5.74) is 3.32. The van der Waals surface area contributed by atoms with Gasteiger partial charge in [0.15, 0.2) is 0 Å². The number of halogens is 2. The summed E-state index contributed by atoms with van der Waals surface area (Å²) in [5, 5.41) is 7.89. The first-order valence-electron chi connectivity index (χ1n) is 20.5. The Hall–Kier alpha value is -4.52. The van der Waals surface area contributed by atoms with Crippen LogP contribution in [0.4, 0.5) is 0 Å². The second-order valence-electron chi connectivity index (χ2n) is 14.6. The molecule has 0 aliphatic heterocycles. The Morgan fingerprint density at radius 3 is 1.05 bits per heavy atom. The highest BCUT2D eigenvalue weighted by atomic mass is 79.9. The van der Waals surface area contributed by atoms with Crippen LogP contribution in [-0.2, 0) is 17.1 Å². The predicted molar refractivity (Wildman–Crippen MR) is 267 cm³/mol. The van der Waals surface area contributed by atoms with Crippen LogP contribution >= 0.6 is 24.4 Å². The maximum atomic E-state index is 13.3. The van der Waals surface area contributed by atoms with E-state index in [0.29, 0.717) is 12.2 Å². The Morgan fingerprint density at radius 1 is 0.403 bits per heavy atom. The molecular weight excluding hydrogens is 945 g/mol. The van der Waals surface area contributed by atoms with Crippen LogP contribution in [-0.4, -0.2) is 12.6 Å². The highest BCUT2D eigenvalue weighted by molar-refractivity contribution is 7.95. The zero-order valence-electron chi connectivity index (χ0n) is 35.2. The topological polar surface area (TPSA) is 26.3 Å². The highest BCUT2D eigenvalue weighted by Crippen LogP contribution is 2.59. The van der Waals surface area contributed by atoms with Gasteiger partial charge in [0, 0.05) is 0 Å². The van der Waals surface area contributed by atoms with Crippen LogP contribution in [0.3, 0.4) is 0 Å². The molecule has 62 heavy (non-hydrogen) atoms. The standard InChI is InChI=1S/C30H30O2P.C25H22P.2BrH.H3P/c1-2-3-23-32-30(31)28-21-13-14-22-29(28)33(26-17-9-5-10-18-26,27-19-11-6-12-20-27)24-25-15-7-4-8-16-25;1-5-13-22(14-6-1)21-26(23-15-7-2-8-16-23,24-17-9-3-10-18-24)25-19-11-4-12-20-25;;;/h4-22H,2-3,23-24H2,1H3;1-20H,21H2;2*1H;1H3/q2*+1;;;/p-2. The van der Waals surface area contributed by atoms with E-state index in [1.54, 1.807) is 0 Å². The van der Waals surface area contributed by atoms with Crippen LogP contribution in [0.1, 0.15) is 41.3 Å². The van der Waals surface area contributed by atoms with E-state index in [-0.39, 0.29) is 49.8 Å². The number of rotatable bonds is 14. The quantitative estimate of drug-likeness (QED) is 0.0832. The molecule has 0 heterocycles. The number of benzene rings is 8. The Kier molecular flexibility index (Phi) is 20.7. The number of hydrogen-bond acceptors (Lipinski definition) is 2. The molecule has 0 amide bonds. The van der Waals surface area contributed by atoms with Gasteiger partial charge < -0.3 is 38.7 Å². The van der Waals surface area contributed by atoms with Gasteiger partial charge in [-0.3, -0.25) is 0 Å². The summed E-state index contributed by atoms with van der Waals surface area (Å²) in [6, 6.07) is 84.0. The van der Waals surface area contributed by atoms with Crippen molar-refractivity contribution in [2.24, 2.45) is 0 Å². The van der Waals surface area contributed by atoms with E-state index in [9.17, 15) is 4.79 Å². The molecule has 8 aromatic carbocycles. The van der Waals surface area contributed by atoms with Gasteiger partial charge in [0.05, 0.1) is 18.9 Å². The molecule has 0 aliphatic rings. The first kappa shape index (κ1) is 50.1. The van der Waals surface area contributed by atoms with Crippen molar-refractivity contribution < 1.29 is 43.5 Å². The molecule has 0 saturated carbocycles. The van der Waals surface area contributed by atoms with Crippen LogP contribution in [0.5, 0.6) is 0 Å². The third kappa shape index (κ3) is 11.9. The highest BCUT2D eigenvalue weighted by Gasteiger charge is 2.48. The lowest BCUT2D eigenvalue weighted by Crippen LogP contribution is -3.00. The van der Waals surface area contributed by atoms with Crippen molar-refractivity contribution in [2.45, 2.75) is 32.1 Å². The number of carbonyl (C=O) groups is 1. The van der Waals surface area contributed by atoms with Crippen LogP contribution in [0, 0.1) is 0 Å². The van der Waals surface area contributed by atoms with Crippen LogP contribution in [0.15, 0.2) is 237 Å². The van der Waals surface area contributed by atoms with Gasteiger partial charge in [-0.1, -0.05) is 177 Å². The summed E-state index contributed by atoms with van der Waals surface area (Å²) in [7, 11) is -3.98. The van der Waals surface area contributed by atoms with E-state index in [2.05, 4.69) is 219 Å². The summed E-state index contributed by atoms with van der Waals surface area (Å²) < 4.78 is 5.71. The largest absolute Gasteiger partial charge is 1.00 e. The number of unbranched alkanes of at least 4 members (excludes halogenated alkanes) is 1. The molecule has 1 unspecified atom stereocenters. The summed E-state index contributed by atoms with van der Waals surface area (Å²) >= 11 is 0. The molecule has 0 aliphatic carbocycles. The van der Waals surface area contributed by atoms with E-state index in [4.69, 9.17) is 4.74 Å². The van der Waals surface area contributed by atoms with Crippen molar-refractivity contribution in [3.05, 3.63) is 253 Å². The van der Waals surface area contributed by atoms with E-state index in [0.717, 1.165) is 30.5 Å². The molecule has 7 heteroatoms. The first-order chi connectivity index (χ1) is 29.1.